The van der Waals surface area contributed by atoms with Crippen LogP contribution in [0.1, 0.15) is 22.3 Å². The third-order valence-corrected chi connectivity index (χ3v) is 6.30. The molecule has 1 aliphatic heterocycles. The summed E-state index contributed by atoms with van der Waals surface area (Å²) in [7, 11) is 0. The van der Waals surface area contributed by atoms with Gasteiger partial charge in [-0.15, -0.1) is 0 Å². The number of halogens is 3. The van der Waals surface area contributed by atoms with Crippen molar-refractivity contribution in [2.45, 2.75) is 25.7 Å². The number of rotatable bonds is 5. The first-order valence-corrected chi connectivity index (χ1v) is 11.3. The van der Waals surface area contributed by atoms with Crippen molar-refractivity contribution in [2.24, 2.45) is 0 Å². The molecule has 0 spiro atoms. The Balaban J connectivity index is 1.51. The number of ether oxygens (including phenoxy) is 1. The van der Waals surface area contributed by atoms with Crippen molar-refractivity contribution in [3.8, 4) is 11.1 Å². The second-order valence-electron chi connectivity index (χ2n) is 8.65. The van der Waals surface area contributed by atoms with Crippen molar-refractivity contribution in [1.82, 2.24) is 4.98 Å². The van der Waals surface area contributed by atoms with Gasteiger partial charge in [-0.3, -0.25) is 9.78 Å². The molecule has 1 fully saturated rings. The quantitative estimate of drug-likeness (QED) is 0.323. The number of benzene rings is 3. The first kappa shape index (κ1) is 23.1. The third-order valence-electron chi connectivity index (χ3n) is 6.30. The Morgan fingerprint density at radius 2 is 1.80 bits per heavy atom. The molecule has 1 aromatic heterocycles. The van der Waals surface area contributed by atoms with Crippen LogP contribution >= 0.6 is 0 Å². The second kappa shape index (κ2) is 9.15. The lowest BCUT2D eigenvalue weighted by Crippen LogP contribution is -2.31. The highest BCUT2D eigenvalue weighted by Gasteiger charge is 2.33. The number of fused-ring (bicyclic) bond motifs is 1. The van der Waals surface area contributed by atoms with Gasteiger partial charge in [0.15, 0.2) is 12.5 Å². The fourth-order valence-corrected chi connectivity index (χ4v) is 4.73. The predicted octanol–water partition coefficient (Wildman–Crippen LogP) is 6.18. The van der Waals surface area contributed by atoms with E-state index in [9.17, 15) is 18.0 Å². The van der Waals surface area contributed by atoms with E-state index in [1.54, 1.807) is 6.07 Å². The molecule has 0 aliphatic carbocycles. The molecule has 5 rings (SSSR count). The van der Waals surface area contributed by atoms with Crippen molar-refractivity contribution in [3.63, 3.8) is 0 Å². The minimum absolute atomic E-state index is 0.0451. The molecule has 0 radical (unpaired) electrons. The minimum atomic E-state index is -4.48. The SMILES string of the molecule is Cc1cnc2c(C(F)(F)F)cccc2c1-c1cccc(Cc2cccc(N3CCOC3C=O)c2)c1. The standard InChI is InChI=1S/C28H23F3N2O2/c1-18-16-32-27-23(9-4-10-24(27)28(29,30)31)26(18)21-7-2-5-19(14-21)13-20-6-3-8-22(15-20)33-11-12-35-25(33)17-34/h2-10,14-17,25H,11-13H2,1H3. The Morgan fingerprint density at radius 1 is 1.06 bits per heavy atom. The number of para-hydroxylation sites is 1. The maximum Gasteiger partial charge on any atom is 0.418 e. The van der Waals surface area contributed by atoms with E-state index in [-0.39, 0.29) is 5.52 Å². The van der Waals surface area contributed by atoms with E-state index in [0.717, 1.165) is 45.9 Å². The molecule has 0 bridgehead atoms. The number of alkyl halides is 3. The van der Waals surface area contributed by atoms with Crippen molar-refractivity contribution < 1.29 is 22.7 Å². The topological polar surface area (TPSA) is 42.4 Å². The molecule has 4 aromatic rings. The van der Waals surface area contributed by atoms with Crippen molar-refractivity contribution >= 4 is 22.9 Å². The Hall–Kier alpha value is -3.71. The molecule has 178 valence electrons. The van der Waals surface area contributed by atoms with Crippen LogP contribution in [-0.4, -0.2) is 30.6 Å². The van der Waals surface area contributed by atoms with Crippen LogP contribution < -0.4 is 4.90 Å². The van der Waals surface area contributed by atoms with E-state index in [4.69, 9.17) is 4.74 Å². The van der Waals surface area contributed by atoms with Crippen LogP contribution in [0, 0.1) is 6.92 Å². The first-order valence-electron chi connectivity index (χ1n) is 11.3. The van der Waals surface area contributed by atoms with Gasteiger partial charge in [-0.25, -0.2) is 0 Å². The summed E-state index contributed by atoms with van der Waals surface area (Å²) in [6, 6.07) is 20.0. The number of nitrogens with zero attached hydrogens (tertiary/aromatic N) is 2. The number of hydrogen-bond donors (Lipinski definition) is 0. The van der Waals surface area contributed by atoms with Crippen LogP contribution in [0.5, 0.6) is 0 Å². The van der Waals surface area contributed by atoms with Crippen LogP contribution in [0.4, 0.5) is 18.9 Å². The molecule has 0 saturated carbocycles. The van der Waals surface area contributed by atoms with Gasteiger partial charge in [0, 0.05) is 23.8 Å². The minimum Gasteiger partial charge on any atom is -0.349 e. The lowest BCUT2D eigenvalue weighted by atomic mass is 9.93. The van der Waals surface area contributed by atoms with Gasteiger partial charge >= 0.3 is 6.18 Å². The van der Waals surface area contributed by atoms with E-state index in [0.29, 0.717) is 25.0 Å². The van der Waals surface area contributed by atoms with Crippen LogP contribution in [0.2, 0.25) is 0 Å². The highest BCUT2D eigenvalue weighted by Crippen LogP contribution is 2.38. The average molecular weight is 476 g/mol. The zero-order valence-corrected chi connectivity index (χ0v) is 19.0. The molecule has 2 heterocycles. The van der Waals surface area contributed by atoms with Crippen molar-refractivity contribution in [2.75, 3.05) is 18.1 Å². The molecule has 1 atom stereocenters. The zero-order valence-electron chi connectivity index (χ0n) is 19.0. The largest absolute Gasteiger partial charge is 0.418 e. The van der Waals surface area contributed by atoms with E-state index in [1.165, 1.54) is 12.3 Å². The number of hydrogen-bond acceptors (Lipinski definition) is 4. The Labute approximate surface area is 201 Å². The number of pyridine rings is 1. The lowest BCUT2D eigenvalue weighted by molar-refractivity contribution is -0.136. The molecule has 0 amide bonds. The summed E-state index contributed by atoms with van der Waals surface area (Å²) in [4.78, 5) is 17.4. The maximum atomic E-state index is 13.6. The maximum absolute atomic E-state index is 13.6. The number of aromatic nitrogens is 1. The van der Waals surface area contributed by atoms with Gasteiger partial charge in [0.05, 0.1) is 17.7 Å². The third kappa shape index (κ3) is 4.51. The van der Waals surface area contributed by atoms with Crippen LogP contribution in [0.25, 0.3) is 22.0 Å². The fraction of sp³-hybridized carbons (Fsp3) is 0.214. The Bertz CT molecular complexity index is 1400. The molecule has 4 nitrogen and oxygen atoms in total. The lowest BCUT2D eigenvalue weighted by Gasteiger charge is -2.21. The van der Waals surface area contributed by atoms with Crippen molar-refractivity contribution in [1.29, 1.82) is 0 Å². The number of aryl methyl sites for hydroxylation is 1. The summed E-state index contributed by atoms with van der Waals surface area (Å²) < 4.78 is 46.2. The molecule has 35 heavy (non-hydrogen) atoms. The number of anilines is 1. The molecule has 1 unspecified atom stereocenters. The summed E-state index contributed by atoms with van der Waals surface area (Å²) in [5, 5.41) is 0.480. The molecule has 1 saturated heterocycles. The summed E-state index contributed by atoms with van der Waals surface area (Å²) in [6.45, 7) is 3.02. The van der Waals surface area contributed by atoms with E-state index >= 15 is 0 Å². The van der Waals surface area contributed by atoms with E-state index < -0.39 is 18.0 Å². The first-order chi connectivity index (χ1) is 16.8. The zero-order chi connectivity index (χ0) is 24.6. The van der Waals surface area contributed by atoms with E-state index in [1.807, 2.05) is 60.4 Å². The molecule has 7 heteroatoms. The second-order valence-corrected chi connectivity index (χ2v) is 8.65. The van der Waals surface area contributed by atoms with Gasteiger partial charge in [0.1, 0.15) is 0 Å². The van der Waals surface area contributed by atoms with Gasteiger partial charge in [-0.2, -0.15) is 13.2 Å². The highest BCUT2D eigenvalue weighted by molar-refractivity contribution is 5.97. The number of carbonyl (C=O) groups excluding carboxylic acids is 1. The summed E-state index contributed by atoms with van der Waals surface area (Å²) in [5.41, 5.74) is 4.64. The average Bonchev–Trinajstić information content (AvgIpc) is 3.32. The van der Waals surface area contributed by atoms with Crippen LogP contribution in [-0.2, 0) is 22.1 Å². The van der Waals surface area contributed by atoms with Gasteiger partial charge in [0.2, 0.25) is 0 Å². The molecule has 0 N–H and O–H groups in total. The number of aldehydes is 1. The molecule has 3 aromatic carbocycles. The molecule has 1 aliphatic rings. The van der Waals surface area contributed by atoms with Crippen LogP contribution in [0.15, 0.2) is 72.9 Å². The Morgan fingerprint density at radius 3 is 2.57 bits per heavy atom. The molecular weight excluding hydrogens is 453 g/mol. The fourth-order valence-electron chi connectivity index (χ4n) is 4.73. The van der Waals surface area contributed by atoms with Gasteiger partial charge in [0.25, 0.3) is 0 Å². The van der Waals surface area contributed by atoms with Gasteiger partial charge in [-0.05, 0) is 59.4 Å². The summed E-state index contributed by atoms with van der Waals surface area (Å²) >= 11 is 0. The van der Waals surface area contributed by atoms with Gasteiger partial charge in [-0.1, -0.05) is 48.5 Å². The predicted molar refractivity (Wildman–Crippen MR) is 129 cm³/mol. The van der Waals surface area contributed by atoms with Crippen molar-refractivity contribution in [3.05, 3.63) is 95.2 Å². The summed E-state index contributed by atoms with van der Waals surface area (Å²) in [5.74, 6) is 0. The van der Waals surface area contributed by atoms with Crippen LogP contribution in [0.3, 0.4) is 0 Å². The highest BCUT2D eigenvalue weighted by atomic mass is 19.4. The van der Waals surface area contributed by atoms with E-state index in [2.05, 4.69) is 4.98 Å². The number of carbonyl (C=O) groups is 1. The summed E-state index contributed by atoms with van der Waals surface area (Å²) in [6.07, 6.45) is -2.11. The monoisotopic (exact) mass is 476 g/mol. The molecular formula is C28H23F3N2O2. The Kier molecular flexibility index (Phi) is 6.03. The normalized spacial score (nSPS) is 16.1. The van der Waals surface area contributed by atoms with Gasteiger partial charge < -0.3 is 9.64 Å². The smallest absolute Gasteiger partial charge is 0.349 e.